The quantitative estimate of drug-likeness (QED) is 0.411. The highest BCUT2D eigenvalue weighted by Gasteiger charge is 2.24. The number of ketones is 1. The number of hydrogen-bond acceptors (Lipinski definition) is 3. The Balaban J connectivity index is 1.97. The predicted molar refractivity (Wildman–Crippen MR) is 117 cm³/mol. The molecular formula is C23H24Cl2N2O2. The van der Waals surface area contributed by atoms with Crippen LogP contribution in [0.1, 0.15) is 51.5 Å². The second-order valence-electron chi connectivity index (χ2n) is 7.18. The fraction of sp³-hybridized carbons (Fsp3) is 0.304. The van der Waals surface area contributed by atoms with Crippen molar-refractivity contribution < 1.29 is 9.53 Å². The lowest BCUT2D eigenvalue weighted by Gasteiger charge is -2.13. The first kappa shape index (κ1) is 21.4. The number of benzene rings is 2. The zero-order valence-electron chi connectivity index (χ0n) is 17.1. The molecule has 0 spiro atoms. The van der Waals surface area contributed by atoms with Gasteiger partial charge in [0.1, 0.15) is 12.2 Å². The minimum absolute atomic E-state index is 0.223. The summed E-state index contributed by atoms with van der Waals surface area (Å²) in [5.74, 6) is 0.234. The summed E-state index contributed by atoms with van der Waals surface area (Å²) in [7, 11) is 0. The van der Waals surface area contributed by atoms with Crippen molar-refractivity contribution in [1.82, 2.24) is 9.78 Å². The van der Waals surface area contributed by atoms with E-state index in [4.69, 9.17) is 27.9 Å². The smallest absolute Gasteiger partial charge is 0.223 e. The molecule has 0 fully saturated rings. The Labute approximate surface area is 181 Å². The lowest BCUT2D eigenvalue weighted by Crippen LogP contribution is -2.10. The first-order valence-corrected chi connectivity index (χ1v) is 10.3. The van der Waals surface area contributed by atoms with Gasteiger partial charge in [0.05, 0.1) is 11.2 Å². The summed E-state index contributed by atoms with van der Waals surface area (Å²) in [4.78, 5) is 13.3. The molecule has 6 heteroatoms. The number of rotatable bonds is 7. The third-order valence-corrected chi connectivity index (χ3v) is 5.88. The largest absolute Gasteiger partial charge is 0.472 e. The standard InChI is InChI=1S/C23H24Cl2N2O2/c1-5-10-27-23(29-13-17-8-6-14(2)7-9-17)19(12-26-27)22(28)18-11-15(3)20(24)16(4)21(18)25/h6-9,11-12H,5,10,13H2,1-4H3. The van der Waals surface area contributed by atoms with Gasteiger partial charge in [-0.3, -0.25) is 4.79 Å². The zero-order valence-corrected chi connectivity index (χ0v) is 18.6. The van der Waals surface area contributed by atoms with Gasteiger partial charge in [0.25, 0.3) is 0 Å². The highest BCUT2D eigenvalue weighted by atomic mass is 35.5. The normalized spacial score (nSPS) is 11.0. The molecule has 0 unspecified atom stereocenters. The average molecular weight is 431 g/mol. The van der Waals surface area contributed by atoms with Gasteiger partial charge in [0.2, 0.25) is 11.7 Å². The van der Waals surface area contributed by atoms with Gasteiger partial charge in [-0.25, -0.2) is 4.68 Å². The molecule has 0 aliphatic heterocycles. The average Bonchev–Trinajstić information content (AvgIpc) is 3.11. The number of carbonyl (C=O) groups excluding carboxylic acids is 1. The van der Waals surface area contributed by atoms with Crippen LogP contribution in [0.2, 0.25) is 10.0 Å². The second-order valence-corrected chi connectivity index (χ2v) is 7.94. The van der Waals surface area contributed by atoms with E-state index in [9.17, 15) is 4.79 Å². The lowest BCUT2D eigenvalue weighted by atomic mass is 10.0. The van der Waals surface area contributed by atoms with E-state index < -0.39 is 0 Å². The fourth-order valence-electron chi connectivity index (χ4n) is 3.14. The minimum atomic E-state index is -0.223. The maximum atomic E-state index is 13.3. The molecule has 1 aromatic heterocycles. The SMILES string of the molecule is CCCn1ncc(C(=O)c2cc(C)c(Cl)c(C)c2Cl)c1OCc1ccc(C)cc1. The second kappa shape index (κ2) is 9.02. The van der Waals surface area contributed by atoms with Gasteiger partial charge in [-0.15, -0.1) is 0 Å². The molecule has 0 radical (unpaired) electrons. The van der Waals surface area contributed by atoms with E-state index in [-0.39, 0.29) is 5.78 Å². The maximum absolute atomic E-state index is 13.3. The Bertz CT molecular complexity index is 1040. The minimum Gasteiger partial charge on any atom is -0.472 e. The highest BCUT2D eigenvalue weighted by molar-refractivity contribution is 6.39. The fourth-order valence-corrected chi connectivity index (χ4v) is 3.57. The van der Waals surface area contributed by atoms with Crippen molar-refractivity contribution in [3.63, 3.8) is 0 Å². The number of aromatic nitrogens is 2. The van der Waals surface area contributed by atoms with E-state index in [0.29, 0.717) is 45.8 Å². The summed E-state index contributed by atoms with van der Waals surface area (Å²) in [6.07, 6.45) is 2.42. The monoisotopic (exact) mass is 430 g/mol. The Hall–Kier alpha value is -2.30. The molecule has 2 aromatic carbocycles. The Morgan fingerprint density at radius 3 is 2.41 bits per heavy atom. The molecule has 0 atom stereocenters. The van der Waals surface area contributed by atoms with Gasteiger partial charge in [-0.05, 0) is 49.9 Å². The maximum Gasteiger partial charge on any atom is 0.223 e. The molecule has 0 saturated carbocycles. The van der Waals surface area contributed by atoms with Crippen LogP contribution in [0.4, 0.5) is 0 Å². The van der Waals surface area contributed by atoms with Crippen molar-refractivity contribution in [2.45, 2.75) is 47.3 Å². The number of ether oxygens (including phenoxy) is 1. The Morgan fingerprint density at radius 1 is 1.07 bits per heavy atom. The first-order valence-electron chi connectivity index (χ1n) is 9.57. The van der Waals surface area contributed by atoms with E-state index in [2.05, 4.69) is 12.0 Å². The van der Waals surface area contributed by atoms with Crippen LogP contribution in [0, 0.1) is 20.8 Å². The van der Waals surface area contributed by atoms with Crippen LogP contribution in [0.3, 0.4) is 0 Å². The van der Waals surface area contributed by atoms with Crippen LogP contribution < -0.4 is 4.74 Å². The molecule has 0 N–H and O–H groups in total. The molecule has 0 amide bonds. The molecule has 3 aromatic rings. The van der Waals surface area contributed by atoms with Crippen LogP contribution in [-0.2, 0) is 13.2 Å². The van der Waals surface area contributed by atoms with E-state index in [1.54, 1.807) is 16.9 Å². The molecule has 0 saturated heterocycles. The van der Waals surface area contributed by atoms with Gasteiger partial charge in [-0.2, -0.15) is 5.10 Å². The van der Waals surface area contributed by atoms with Crippen molar-refractivity contribution in [2.75, 3.05) is 0 Å². The van der Waals surface area contributed by atoms with Crippen LogP contribution >= 0.6 is 23.2 Å². The van der Waals surface area contributed by atoms with Crippen molar-refractivity contribution in [2.24, 2.45) is 0 Å². The van der Waals surface area contributed by atoms with Crippen LogP contribution in [0.5, 0.6) is 5.88 Å². The van der Waals surface area contributed by atoms with E-state index in [1.807, 2.05) is 45.0 Å². The summed E-state index contributed by atoms with van der Waals surface area (Å²) < 4.78 is 7.79. The summed E-state index contributed by atoms with van der Waals surface area (Å²) >= 11 is 12.7. The first-order chi connectivity index (χ1) is 13.8. The molecule has 0 aliphatic rings. The van der Waals surface area contributed by atoms with E-state index >= 15 is 0 Å². The molecule has 0 aliphatic carbocycles. The number of halogens is 2. The van der Waals surface area contributed by atoms with Crippen LogP contribution in [0.15, 0.2) is 36.5 Å². The molecule has 4 nitrogen and oxygen atoms in total. The number of hydrogen-bond donors (Lipinski definition) is 0. The van der Waals surface area contributed by atoms with Crippen LogP contribution in [-0.4, -0.2) is 15.6 Å². The van der Waals surface area contributed by atoms with Gasteiger partial charge in [0, 0.05) is 17.1 Å². The highest BCUT2D eigenvalue weighted by Crippen LogP contribution is 2.33. The van der Waals surface area contributed by atoms with Crippen molar-refractivity contribution >= 4 is 29.0 Å². The van der Waals surface area contributed by atoms with Crippen molar-refractivity contribution in [3.05, 3.63) is 80.0 Å². The Morgan fingerprint density at radius 2 is 1.76 bits per heavy atom. The van der Waals surface area contributed by atoms with Crippen molar-refractivity contribution in [1.29, 1.82) is 0 Å². The molecule has 29 heavy (non-hydrogen) atoms. The molecule has 3 rings (SSSR count). The van der Waals surface area contributed by atoms with Crippen molar-refractivity contribution in [3.8, 4) is 5.88 Å². The number of nitrogens with zero attached hydrogens (tertiary/aromatic N) is 2. The number of aryl methyl sites for hydroxylation is 3. The molecule has 1 heterocycles. The summed E-state index contributed by atoms with van der Waals surface area (Å²) in [6.45, 7) is 8.76. The molecular weight excluding hydrogens is 407 g/mol. The summed E-state index contributed by atoms with van der Waals surface area (Å²) in [5.41, 5.74) is 4.51. The molecule has 152 valence electrons. The Kier molecular flexibility index (Phi) is 6.66. The third kappa shape index (κ3) is 4.49. The van der Waals surface area contributed by atoms with Gasteiger partial charge >= 0.3 is 0 Å². The predicted octanol–water partition coefficient (Wildman–Crippen LogP) is 6.34. The lowest BCUT2D eigenvalue weighted by molar-refractivity contribution is 0.103. The third-order valence-electron chi connectivity index (χ3n) is 4.81. The van der Waals surface area contributed by atoms with Gasteiger partial charge in [0.15, 0.2) is 0 Å². The van der Waals surface area contributed by atoms with Gasteiger partial charge < -0.3 is 4.74 Å². The van der Waals surface area contributed by atoms with E-state index in [1.165, 1.54) is 5.56 Å². The molecule has 0 bridgehead atoms. The zero-order chi connectivity index (χ0) is 21.1. The summed E-state index contributed by atoms with van der Waals surface area (Å²) in [6, 6.07) is 9.82. The van der Waals surface area contributed by atoms with Crippen LogP contribution in [0.25, 0.3) is 0 Å². The van der Waals surface area contributed by atoms with Gasteiger partial charge in [-0.1, -0.05) is 60.0 Å². The number of carbonyl (C=O) groups is 1. The van der Waals surface area contributed by atoms with E-state index in [0.717, 1.165) is 17.5 Å². The topological polar surface area (TPSA) is 44.1 Å². The summed E-state index contributed by atoms with van der Waals surface area (Å²) in [5, 5.41) is 5.31.